The van der Waals surface area contributed by atoms with Crippen molar-refractivity contribution in [3.8, 4) is 5.75 Å². The van der Waals surface area contributed by atoms with Crippen LogP contribution in [-0.2, 0) is 14.6 Å². The van der Waals surface area contributed by atoms with Crippen LogP contribution in [0.1, 0.15) is 16.8 Å². The molecule has 2 amide bonds. The van der Waals surface area contributed by atoms with Crippen molar-refractivity contribution >= 4 is 27.3 Å². The summed E-state index contributed by atoms with van der Waals surface area (Å²) in [5.74, 6) is -1.25. The molecule has 0 N–H and O–H groups in total. The van der Waals surface area contributed by atoms with Gasteiger partial charge in [0, 0.05) is 25.4 Å². The molecule has 2 aromatic carbocycles. The maximum absolute atomic E-state index is 13.0. The summed E-state index contributed by atoms with van der Waals surface area (Å²) in [6.45, 7) is -0.0393. The van der Waals surface area contributed by atoms with Crippen LogP contribution in [0.25, 0.3) is 0 Å². The van der Waals surface area contributed by atoms with Crippen LogP contribution in [-0.4, -0.2) is 61.1 Å². The summed E-state index contributed by atoms with van der Waals surface area (Å²) < 4.78 is 29.3. The average molecular weight is 433 g/mol. The van der Waals surface area contributed by atoms with E-state index in [1.54, 1.807) is 12.1 Å². The van der Waals surface area contributed by atoms with Crippen molar-refractivity contribution in [2.45, 2.75) is 11.3 Å². The monoisotopic (exact) mass is 433 g/mol. The molecule has 11 heteroatoms. The third-order valence-corrected chi connectivity index (χ3v) is 5.64. The van der Waals surface area contributed by atoms with E-state index in [0.29, 0.717) is 6.42 Å². The van der Waals surface area contributed by atoms with Crippen molar-refractivity contribution in [3.63, 3.8) is 0 Å². The number of benzene rings is 2. The molecule has 1 aliphatic heterocycles. The molecule has 10 nitrogen and oxygen atoms in total. The minimum absolute atomic E-state index is 0.0284. The molecule has 0 aliphatic carbocycles. The van der Waals surface area contributed by atoms with E-state index in [4.69, 9.17) is 4.74 Å². The highest BCUT2D eigenvalue weighted by Gasteiger charge is 2.33. The van der Waals surface area contributed by atoms with Gasteiger partial charge in [-0.15, -0.1) is 0 Å². The van der Waals surface area contributed by atoms with Gasteiger partial charge in [0.2, 0.25) is 0 Å². The molecule has 0 unspecified atom stereocenters. The van der Waals surface area contributed by atoms with Gasteiger partial charge in [-0.05, 0) is 24.6 Å². The molecule has 158 valence electrons. The normalized spacial score (nSPS) is 13.9. The Morgan fingerprint density at radius 2 is 1.70 bits per heavy atom. The second-order valence-corrected chi connectivity index (χ2v) is 8.56. The summed E-state index contributed by atoms with van der Waals surface area (Å²) >= 11 is 0. The fourth-order valence-corrected chi connectivity index (χ4v) is 4.01. The van der Waals surface area contributed by atoms with Crippen molar-refractivity contribution in [1.29, 1.82) is 0 Å². The molecular formula is C19H19N3O7S. The van der Waals surface area contributed by atoms with Crippen molar-refractivity contribution in [2.75, 3.05) is 26.0 Å². The second-order valence-electron chi connectivity index (χ2n) is 6.58. The van der Waals surface area contributed by atoms with Gasteiger partial charge in [0.25, 0.3) is 11.8 Å². The molecule has 0 spiro atoms. The molecule has 1 aliphatic rings. The van der Waals surface area contributed by atoms with E-state index in [-0.39, 0.29) is 35.0 Å². The number of sulfone groups is 1. The first-order valence-corrected chi connectivity index (χ1v) is 10.9. The van der Waals surface area contributed by atoms with Gasteiger partial charge in [0.05, 0.1) is 15.4 Å². The van der Waals surface area contributed by atoms with E-state index >= 15 is 0 Å². The van der Waals surface area contributed by atoms with Crippen molar-refractivity contribution in [1.82, 2.24) is 10.0 Å². The van der Waals surface area contributed by atoms with E-state index in [9.17, 15) is 28.1 Å². The molecular weight excluding hydrogens is 414 g/mol. The van der Waals surface area contributed by atoms with Crippen LogP contribution >= 0.6 is 0 Å². The van der Waals surface area contributed by atoms with Crippen LogP contribution in [0.2, 0.25) is 0 Å². The molecule has 3 rings (SSSR count). The third kappa shape index (κ3) is 4.40. The molecule has 1 saturated heterocycles. The van der Waals surface area contributed by atoms with Crippen LogP contribution < -0.4 is 4.74 Å². The molecule has 1 fully saturated rings. The minimum Gasteiger partial charge on any atom is -0.477 e. The molecule has 0 aromatic heterocycles. The standard InChI is InChI=1S/C19H19N3O7S/c1-30(27,28)17-10-5-2-7-14(17)19(24)21-12-6-11-20(21)18(23)13-29-16-9-4-3-8-15(16)22(25)26/h2-5,7-10H,6,11-13H2,1H3. The Labute approximate surface area is 172 Å². The Kier molecular flexibility index (Phi) is 6.01. The lowest BCUT2D eigenvalue weighted by atomic mass is 10.2. The molecule has 0 bridgehead atoms. The Morgan fingerprint density at radius 1 is 1.07 bits per heavy atom. The highest BCUT2D eigenvalue weighted by molar-refractivity contribution is 7.90. The third-order valence-electron chi connectivity index (χ3n) is 4.48. The summed E-state index contributed by atoms with van der Waals surface area (Å²) in [6.07, 6.45) is 1.51. The fourth-order valence-electron chi connectivity index (χ4n) is 3.13. The van der Waals surface area contributed by atoms with E-state index in [0.717, 1.165) is 6.26 Å². The zero-order valence-corrected chi connectivity index (χ0v) is 16.9. The Bertz CT molecular complexity index is 1100. The quantitative estimate of drug-likeness (QED) is 0.501. The maximum atomic E-state index is 13.0. The number of hydrazine groups is 1. The smallest absolute Gasteiger partial charge is 0.310 e. The fraction of sp³-hybridized carbons (Fsp3) is 0.263. The lowest BCUT2D eigenvalue weighted by molar-refractivity contribution is -0.385. The Morgan fingerprint density at radius 3 is 2.40 bits per heavy atom. The number of nitro benzene ring substituents is 1. The maximum Gasteiger partial charge on any atom is 0.310 e. The van der Waals surface area contributed by atoms with E-state index < -0.39 is 33.2 Å². The van der Waals surface area contributed by atoms with E-state index in [1.807, 2.05) is 0 Å². The predicted octanol–water partition coefficient (Wildman–Crippen LogP) is 1.67. The van der Waals surface area contributed by atoms with Gasteiger partial charge in [0.1, 0.15) is 0 Å². The molecule has 0 saturated carbocycles. The lowest BCUT2D eigenvalue weighted by Crippen LogP contribution is -2.47. The van der Waals surface area contributed by atoms with E-state index in [2.05, 4.69) is 0 Å². The van der Waals surface area contributed by atoms with Gasteiger partial charge in [0.15, 0.2) is 22.2 Å². The first-order chi connectivity index (χ1) is 14.2. The Hall–Kier alpha value is -3.47. The summed E-state index contributed by atoms with van der Waals surface area (Å²) in [6, 6.07) is 11.4. The van der Waals surface area contributed by atoms with Crippen LogP contribution in [0.15, 0.2) is 53.4 Å². The molecule has 0 radical (unpaired) electrons. The SMILES string of the molecule is CS(=O)(=O)c1ccccc1C(=O)N1CCCN1C(=O)COc1ccccc1[N+](=O)[O-]. The zero-order valence-electron chi connectivity index (χ0n) is 16.1. The largest absolute Gasteiger partial charge is 0.477 e. The molecule has 30 heavy (non-hydrogen) atoms. The topological polar surface area (TPSA) is 127 Å². The summed E-state index contributed by atoms with van der Waals surface area (Å²) in [5, 5.41) is 13.4. The summed E-state index contributed by atoms with van der Waals surface area (Å²) in [4.78, 5) is 36.0. The van der Waals surface area contributed by atoms with Gasteiger partial charge in [-0.1, -0.05) is 24.3 Å². The van der Waals surface area contributed by atoms with Crippen molar-refractivity contribution in [3.05, 3.63) is 64.2 Å². The van der Waals surface area contributed by atoms with Crippen LogP contribution in [0.4, 0.5) is 5.69 Å². The van der Waals surface area contributed by atoms with Crippen molar-refractivity contribution < 1.29 is 27.7 Å². The van der Waals surface area contributed by atoms with Crippen LogP contribution in [0, 0.1) is 10.1 Å². The number of nitrogens with zero attached hydrogens (tertiary/aromatic N) is 3. The number of para-hydroxylation sites is 2. The summed E-state index contributed by atoms with van der Waals surface area (Å²) in [7, 11) is -3.64. The van der Waals surface area contributed by atoms with Crippen LogP contribution in [0.5, 0.6) is 5.75 Å². The van der Waals surface area contributed by atoms with Crippen molar-refractivity contribution in [2.24, 2.45) is 0 Å². The van der Waals surface area contributed by atoms with Gasteiger partial charge >= 0.3 is 5.69 Å². The average Bonchev–Trinajstić information content (AvgIpc) is 3.21. The number of rotatable bonds is 6. The van der Waals surface area contributed by atoms with Crippen LogP contribution in [0.3, 0.4) is 0 Å². The molecule has 1 heterocycles. The second kappa shape index (κ2) is 8.49. The number of amides is 2. The van der Waals surface area contributed by atoms with E-state index in [1.165, 1.54) is 46.4 Å². The first-order valence-electron chi connectivity index (χ1n) is 8.97. The predicted molar refractivity (Wildman–Crippen MR) is 106 cm³/mol. The number of ether oxygens (including phenoxy) is 1. The molecule has 0 atom stereocenters. The summed E-state index contributed by atoms with van der Waals surface area (Å²) in [5.41, 5.74) is -0.305. The van der Waals surface area contributed by atoms with Gasteiger partial charge < -0.3 is 4.74 Å². The first kappa shape index (κ1) is 21.2. The zero-order chi connectivity index (χ0) is 21.9. The number of hydrogen-bond donors (Lipinski definition) is 0. The number of carbonyl (C=O) groups is 2. The van der Waals surface area contributed by atoms with Gasteiger partial charge in [-0.3, -0.25) is 19.7 Å². The number of nitro groups is 1. The van der Waals surface area contributed by atoms with Gasteiger partial charge in [-0.25, -0.2) is 18.4 Å². The molecule has 2 aromatic rings. The highest BCUT2D eigenvalue weighted by atomic mass is 32.2. The minimum atomic E-state index is -3.64. The van der Waals surface area contributed by atoms with Gasteiger partial charge in [-0.2, -0.15) is 0 Å². The Balaban J connectivity index is 1.77. The number of hydrogen-bond acceptors (Lipinski definition) is 7. The highest BCUT2D eigenvalue weighted by Crippen LogP contribution is 2.26. The lowest BCUT2D eigenvalue weighted by Gasteiger charge is -2.28. The number of carbonyl (C=O) groups excluding carboxylic acids is 2.